The summed E-state index contributed by atoms with van der Waals surface area (Å²) in [6.07, 6.45) is -0.0431. The van der Waals surface area contributed by atoms with Crippen LogP contribution in [0.15, 0.2) is 48.5 Å². The van der Waals surface area contributed by atoms with Crippen LogP contribution in [0.4, 0.5) is 0 Å². The maximum Gasteiger partial charge on any atom is 0.0851 e. The van der Waals surface area contributed by atoms with E-state index in [1.165, 1.54) is 32.7 Å². The molecule has 23 heavy (non-hydrogen) atoms. The zero-order chi connectivity index (χ0) is 16.0. The molecule has 2 N–H and O–H groups in total. The van der Waals surface area contributed by atoms with Gasteiger partial charge in [-0.05, 0) is 52.8 Å². The van der Waals surface area contributed by atoms with Gasteiger partial charge in [0, 0.05) is 19.6 Å². The molecule has 1 atom stereocenters. The van der Waals surface area contributed by atoms with Gasteiger partial charge < -0.3 is 10.6 Å². The van der Waals surface area contributed by atoms with Crippen LogP contribution in [-0.4, -0.2) is 37.0 Å². The van der Waals surface area contributed by atoms with E-state index in [-0.39, 0.29) is 6.17 Å². The highest BCUT2D eigenvalue weighted by atomic mass is 15.2. The van der Waals surface area contributed by atoms with Gasteiger partial charge in [-0.15, -0.1) is 0 Å². The second-order valence-electron chi connectivity index (χ2n) is 6.75. The maximum absolute atomic E-state index is 6.71. The highest BCUT2D eigenvalue weighted by molar-refractivity contribution is 6.04. The van der Waals surface area contributed by atoms with Crippen molar-refractivity contribution in [2.24, 2.45) is 5.73 Å². The molecule has 0 aromatic heterocycles. The van der Waals surface area contributed by atoms with Crippen molar-refractivity contribution in [3.63, 3.8) is 0 Å². The molecule has 0 aliphatic carbocycles. The molecule has 118 valence electrons. The van der Waals surface area contributed by atoms with Crippen LogP contribution in [0.5, 0.6) is 0 Å². The number of hydrogen-bond donors (Lipinski definition) is 1. The number of nitrogens with zero attached hydrogens (tertiary/aromatic N) is 2. The molecular formula is C20H23N3. The minimum atomic E-state index is -0.0431. The third-order valence-electron chi connectivity index (χ3n) is 4.91. The fraction of sp³-hybridized carbons (Fsp3) is 0.300. The maximum atomic E-state index is 6.71. The van der Waals surface area contributed by atoms with Gasteiger partial charge in [-0.2, -0.15) is 0 Å². The lowest BCUT2D eigenvalue weighted by Crippen LogP contribution is -2.40. The molecule has 1 aliphatic heterocycles. The minimum absolute atomic E-state index is 0.0431. The van der Waals surface area contributed by atoms with Crippen molar-refractivity contribution in [1.29, 1.82) is 0 Å². The van der Waals surface area contributed by atoms with Crippen LogP contribution < -0.4 is 5.73 Å². The summed E-state index contributed by atoms with van der Waals surface area (Å²) in [6, 6.07) is 17.5. The normalized spacial score (nSPS) is 18.2. The Hall–Kier alpha value is -1.94. The van der Waals surface area contributed by atoms with Crippen molar-refractivity contribution in [2.45, 2.75) is 12.7 Å². The van der Waals surface area contributed by atoms with Crippen molar-refractivity contribution in [2.75, 3.05) is 27.2 Å². The summed E-state index contributed by atoms with van der Waals surface area (Å²) >= 11 is 0. The summed E-state index contributed by atoms with van der Waals surface area (Å²) in [5.74, 6) is 0. The molecule has 0 fully saturated rings. The zero-order valence-corrected chi connectivity index (χ0v) is 13.8. The standard InChI is InChI=1S/C20H23N3/c1-22(2)10-11-23-13-16-8-5-7-15-12-14-6-3-4-9-17(14)19(18(15)16)20(23)21/h3-9,12,20H,10-11,13,21H2,1-2H3. The second-order valence-corrected chi connectivity index (χ2v) is 6.75. The van der Waals surface area contributed by atoms with Crippen LogP contribution in [0.2, 0.25) is 0 Å². The highest BCUT2D eigenvalue weighted by Gasteiger charge is 2.27. The van der Waals surface area contributed by atoms with Crippen molar-refractivity contribution in [3.8, 4) is 0 Å². The summed E-state index contributed by atoms with van der Waals surface area (Å²) in [6.45, 7) is 2.93. The molecule has 0 amide bonds. The first-order valence-corrected chi connectivity index (χ1v) is 8.23. The van der Waals surface area contributed by atoms with E-state index in [0.717, 1.165) is 19.6 Å². The average Bonchev–Trinajstić information content (AvgIpc) is 2.55. The van der Waals surface area contributed by atoms with Gasteiger partial charge in [0.2, 0.25) is 0 Å². The predicted molar refractivity (Wildman–Crippen MR) is 97.3 cm³/mol. The Kier molecular flexibility index (Phi) is 3.57. The van der Waals surface area contributed by atoms with Gasteiger partial charge in [0.25, 0.3) is 0 Å². The topological polar surface area (TPSA) is 32.5 Å². The van der Waals surface area contributed by atoms with E-state index >= 15 is 0 Å². The van der Waals surface area contributed by atoms with Gasteiger partial charge in [-0.1, -0.05) is 42.5 Å². The fourth-order valence-corrected chi connectivity index (χ4v) is 3.72. The lowest BCUT2D eigenvalue weighted by molar-refractivity contribution is 0.171. The quantitative estimate of drug-likeness (QED) is 0.753. The van der Waals surface area contributed by atoms with Gasteiger partial charge in [0.15, 0.2) is 0 Å². The lowest BCUT2D eigenvalue weighted by Gasteiger charge is -2.36. The Morgan fingerprint density at radius 3 is 2.70 bits per heavy atom. The van der Waals surface area contributed by atoms with Gasteiger partial charge in [0.1, 0.15) is 0 Å². The number of rotatable bonds is 3. The SMILES string of the molecule is CN(C)CCN1Cc2cccc3cc4ccccc4c(c23)C1N. The van der Waals surface area contributed by atoms with Crippen LogP contribution >= 0.6 is 0 Å². The molecule has 3 aromatic carbocycles. The van der Waals surface area contributed by atoms with Crippen LogP contribution in [-0.2, 0) is 6.54 Å². The molecule has 0 saturated carbocycles. The number of nitrogens with two attached hydrogens (primary N) is 1. The fourth-order valence-electron chi connectivity index (χ4n) is 3.72. The molecular weight excluding hydrogens is 282 g/mol. The summed E-state index contributed by atoms with van der Waals surface area (Å²) in [4.78, 5) is 4.61. The monoisotopic (exact) mass is 305 g/mol. The van der Waals surface area contributed by atoms with Crippen LogP contribution in [0, 0.1) is 0 Å². The predicted octanol–water partition coefficient (Wildman–Crippen LogP) is 3.33. The Labute approximate surface area is 137 Å². The van der Waals surface area contributed by atoms with E-state index in [2.05, 4.69) is 72.4 Å². The summed E-state index contributed by atoms with van der Waals surface area (Å²) in [7, 11) is 4.22. The number of fused-ring (bicyclic) bond motifs is 2. The molecule has 4 rings (SSSR count). The second kappa shape index (κ2) is 5.60. The molecule has 0 radical (unpaired) electrons. The van der Waals surface area contributed by atoms with Gasteiger partial charge in [-0.3, -0.25) is 4.90 Å². The van der Waals surface area contributed by atoms with Gasteiger partial charge >= 0.3 is 0 Å². The Balaban J connectivity index is 1.93. The number of hydrogen-bond acceptors (Lipinski definition) is 3. The molecule has 3 nitrogen and oxygen atoms in total. The molecule has 1 aliphatic rings. The molecule has 0 spiro atoms. The summed E-state index contributed by atoms with van der Waals surface area (Å²) in [5, 5.41) is 5.23. The van der Waals surface area contributed by atoms with E-state index < -0.39 is 0 Å². The van der Waals surface area contributed by atoms with Crippen molar-refractivity contribution >= 4 is 21.5 Å². The first-order valence-electron chi connectivity index (χ1n) is 8.23. The van der Waals surface area contributed by atoms with E-state index in [1.807, 2.05) is 0 Å². The van der Waals surface area contributed by atoms with Gasteiger partial charge in [-0.25, -0.2) is 0 Å². The van der Waals surface area contributed by atoms with Gasteiger partial charge in [0.05, 0.1) is 6.17 Å². The van der Waals surface area contributed by atoms with Crippen LogP contribution in [0.3, 0.4) is 0 Å². The Morgan fingerprint density at radius 1 is 1.09 bits per heavy atom. The Bertz CT molecular complexity index is 869. The lowest BCUT2D eigenvalue weighted by atomic mass is 9.89. The van der Waals surface area contributed by atoms with E-state index in [4.69, 9.17) is 5.73 Å². The molecule has 1 heterocycles. The molecule has 3 aromatic rings. The molecule has 1 unspecified atom stereocenters. The summed E-state index contributed by atoms with van der Waals surface area (Å²) in [5.41, 5.74) is 9.39. The number of benzene rings is 3. The van der Waals surface area contributed by atoms with E-state index in [0.29, 0.717) is 0 Å². The van der Waals surface area contributed by atoms with Crippen LogP contribution in [0.1, 0.15) is 17.3 Å². The van der Waals surface area contributed by atoms with Crippen LogP contribution in [0.25, 0.3) is 21.5 Å². The first kappa shape index (κ1) is 14.6. The molecule has 0 bridgehead atoms. The van der Waals surface area contributed by atoms with Crippen molar-refractivity contribution in [3.05, 3.63) is 59.7 Å². The first-order chi connectivity index (χ1) is 11.1. The zero-order valence-electron chi connectivity index (χ0n) is 13.8. The van der Waals surface area contributed by atoms with E-state index in [1.54, 1.807) is 0 Å². The van der Waals surface area contributed by atoms with E-state index in [9.17, 15) is 0 Å². The summed E-state index contributed by atoms with van der Waals surface area (Å²) < 4.78 is 0. The molecule has 0 saturated heterocycles. The molecule has 3 heteroatoms. The minimum Gasteiger partial charge on any atom is -0.312 e. The largest absolute Gasteiger partial charge is 0.312 e. The Morgan fingerprint density at radius 2 is 1.87 bits per heavy atom. The number of likely N-dealkylation sites (N-methyl/N-ethyl adjacent to an activating group) is 1. The average molecular weight is 305 g/mol. The highest BCUT2D eigenvalue weighted by Crippen LogP contribution is 2.39. The smallest absolute Gasteiger partial charge is 0.0851 e. The third kappa shape index (κ3) is 2.41. The third-order valence-corrected chi connectivity index (χ3v) is 4.91. The van der Waals surface area contributed by atoms with Crippen molar-refractivity contribution < 1.29 is 0 Å². The van der Waals surface area contributed by atoms with Crippen molar-refractivity contribution in [1.82, 2.24) is 9.80 Å².